The first kappa shape index (κ1) is 22.8. The van der Waals surface area contributed by atoms with E-state index in [0.717, 1.165) is 39.9 Å². The smallest absolute Gasteiger partial charge is 0.325 e. The van der Waals surface area contributed by atoms with Crippen LogP contribution in [0.2, 0.25) is 0 Å². The molecule has 1 heterocycles. The van der Waals surface area contributed by atoms with Crippen LogP contribution in [0.15, 0.2) is 42.5 Å². The summed E-state index contributed by atoms with van der Waals surface area (Å²) in [5.41, 5.74) is 3.75. The Morgan fingerprint density at radius 2 is 2.03 bits per heavy atom. The number of nitrogens with zero attached hydrogens (tertiary/aromatic N) is 2. The molecule has 3 aromatic rings. The van der Waals surface area contributed by atoms with Crippen molar-refractivity contribution >= 4 is 22.8 Å². The van der Waals surface area contributed by atoms with E-state index in [1.54, 1.807) is 25.0 Å². The van der Waals surface area contributed by atoms with Crippen LogP contribution in [0.3, 0.4) is 0 Å². The third kappa shape index (κ3) is 4.72. The largest absolute Gasteiger partial charge is 0.497 e. The third-order valence-electron chi connectivity index (χ3n) is 6.43. The van der Waals surface area contributed by atoms with Crippen LogP contribution in [0.25, 0.3) is 10.9 Å². The van der Waals surface area contributed by atoms with Crippen LogP contribution in [0, 0.1) is 5.82 Å². The maximum Gasteiger partial charge on any atom is 0.325 e. The van der Waals surface area contributed by atoms with Gasteiger partial charge in [-0.15, -0.1) is 0 Å². The number of amides is 1. The Morgan fingerprint density at radius 1 is 1.21 bits per heavy atom. The van der Waals surface area contributed by atoms with Crippen molar-refractivity contribution in [3.63, 3.8) is 0 Å². The summed E-state index contributed by atoms with van der Waals surface area (Å²) in [6.07, 6.45) is 2.38. The minimum absolute atomic E-state index is 0.000480. The van der Waals surface area contributed by atoms with Crippen LogP contribution in [0.1, 0.15) is 30.2 Å². The van der Waals surface area contributed by atoms with Crippen LogP contribution in [-0.4, -0.2) is 48.1 Å². The Balaban J connectivity index is 1.58. The molecule has 0 spiro atoms. The van der Waals surface area contributed by atoms with Gasteiger partial charge in [0.2, 0.25) is 5.91 Å². The molecule has 0 aliphatic heterocycles. The molecular formula is C26H29FN2O4. The highest BCUT2D eigenvalue weighted by atomic mass is 19.1. The van der Waals surface area contributed by atoms with Gasteiger partial charge >= 0.3 is 5.97 Å². The Bertz CT molecular complexity index is 1190. The molecule has 33 heavy (non-hydrogen) atoms. The van der Waals surface area contributed by atoms with Crippen molar-refractivity contribution in [1.29, 1.82) is 0 Å². The Labute approximate surface area is 192 Å². The van der Waals surface area contributed by atoms with E-state index in [4.69, 9.17) is 9.47 Å². The van der Waals surface area contributed by atoms with Crippen LogP contribution >= 0.6 is 0 Å². The molecule has 0 saturated carbocycles. The summed E-state index contributed by atoms with van der Waals surface area (Å²) in [5.74, 6) is 0.122. The summed E-state index contributed by atoms with van der Waals surface area (Å²) in [6.45, 7) is 2.19. The first-order valence-electron chi connectivity index (χ1n) is 11.2. The van der Waals surface area contributed by atoms with Crippen molar-refractivity contribution < 1.29 is 23.5 Å². The predicted molar refractivity (Wildman–Crippen MR) is 124 cm³/mol. The Hall–Kier alpha value is -3.35. The number of ether oxygens (including phenoxy) is 2. The second kappa shape index (κ2) is 9.65. The normalized spacial score (nSPS) is 15.2. The van der Waals surface area contributed by atoms with Crippen molar-refractivity contribution in [1.82, 2.24) is 9.47 Å². The van der Waals surface area contributed by atoms with Gasteiger partial charge in [-0.1, -0.05) is 12.1 Å². The fourth-order valence-electron chi connectivity index (χ4n) is 4.74. The number of carbonyl (C=O) groups excluding carboxylic acids is 2. The maximum atomic E-state index is 14.1. The van der Waals surface area contributed by atoms with E-state index < -0.39 is 0 Å². The van der Waals surface area contributed by atoms with Gasteiger partial charge in [0, 0.05) is 29.7 Å². The Kier molecular flexibility index (Phi) is 6.67. The van der Waals surface area contributed by atoms with Crippen molar-refractivity contribution in [3.8, 4) is 5.75 Å². The van der Waals surface area contributed by atoms with Gasteiger partial charge in [-0.2, -0.15) is 0 Å². The minimum Gasteiger partial charge on any atom is -0.497 e. The zero-order chi connectivity index (χ0) is 23.5. The molecule has 1 aromatic heterocycles. The average Bonchev–Trinajstić information content (AvgIpc) is 3.10. The van der Waals surface area contributed by atoms with E-state index in [-0.39, 0.29) is 36.7 Å². The quantitative estimate of drug-likeness (QED) is 0.510. The fourth-order valence-corrected chi connectivity index (χ4v) is 4.74. The van der Waals surface area contributed by atoms with Gasteiger partial charge in [-0.25, -0.2) is 4.39 Å². The highest BCUT2D eigenvalue weighted by Gasteiger charge is 2.30. The van der Waals surface area contributed by atoms with Crippen molar-refractivity contribution in [2.45, 2.75) is 45.2 Å². The number of likely N-dealkylation sites (N-methyl/N-ethyl adjacent to an activating group) is 1. The Morgan fingerprint density at radius 3 is 2.79 bits per heavy atom. The standard InChI is InChI=1S/C26H29FN2O4/c1-4-33-26(31)16-29-23-10-8-18(27)14-21(23)22-15-19(9-11-24(22)29)28(2)25(30)13-17-6-5-7-20(12-17)32-3/h5-8,10,12,14,19H,4,9,11,13,15-16H2,1-3H3/t19-/m0/s1. The van der Waals surface area contributed by atoms with E-state index in [0.29, 0.717) is 19.4 Å². The van der Waals surface area contributed by atoms with Gasteiger partial charge in [-0.3, -0.25) is 9.59 Å². The van der Waals surface area contributed by atoms with Gasteiger partial charge in [0.15, 0.2) is 0 Å². The molecular weight excluding hydrogens is 423 g/mol. The molecule has 1 amide bonds. The van der Waals surface area contributed by atoms with Gasteiger partial charge < -0.3 is 18.9 Å². The lowest BCUT2D eigenvalue weighted by Gasteiger charge is -2.32. The monoisotopic (exact) mass is 452 g/mol. The second-order valence-electron chi connectivity index (χ2n) is 8.41. The zero-order valence-electron chi connectivity index (χ0n) is 19.3. The highest BCUT2D eigenvalue weighted by Crippen LogP contribution is 2.34. The van der Waals surface area contributed by atoms with Crippen LogP contribution in [-0.2, 0) is 40.1 Å². The second-order valence-corrected chi connectivity index (χ2v) is 8.41. The number of esters is 1. The van der Waals surface area contributed by atoms with Crippen LogP contribution in [0.5, 0.6) is 5.75 Å². The molecule has 1 aliphatic rings. The minimum atomic E-state index is -0.317. The van der Waals surface area contributed by atoms with E-state index >= 15 is 0 Å². The lowest BCUT2D eigenvalue weighted by Crippen LogP contribution is -2.41. The van der Waals surface area contributed by atoms with Crippen LogP contribution in [0.4, 0.5) is 4.39 Å². The summed E-state index contributed by atoms with van der Waals surface area (Å²) in [7, 11) is 3.43. The van der Waals surface area contributed by atoms with Gasteiger partial charge in [0.1, 0.15) is 18.1 Å². The lowest BCUT2D eigenvalue weighted by molar-refractivity contribution is -0.143. The molecule has 0 fully saturated rings. The number of hydrogen-bond acceptors (Lipinski definition) is 4. The number of benzene rings is 2. The highest BCUT2D eigenvalue weighted by molar-refractivity contribution is 5.88. The molecule has 4 rings (SSSR count). The molecule has 1 atom stereocenters. The van der Waals surface area contributed by atoms with E-state index in [1.165, 1.54) is 12.1 Å². The fraction of sp³-hybridized carbons (Fsp3) is 0.385. The number of hydrogen-bond donors (Lipinski definition) is 0. The average molecular weight is 453 g/mol. The molecule has 7 heteroatoms. The molecule has 2 aromatic carbocycles. The summed E-state index contributed by atoms with van der Waals surface area (Å²) >= 11 is 0. The predicted octanol–water partition coefficient (Wildman–Crippen LogP) is 3.91. The molecule has 1 aliphatic carbocycles. The third-order valence-corrected chi connectivity index (χ3v) is 6.43. The van der Waals surface area contributed by atoms with Crippen molar-refractivity contribution in [2.24, 2.45) is 0 Å². The van der Waals surface area contributed by atoms with Gasteiger partial charge in [0.25, 0.3) is 0 Å². The molecule has 0 saturated heterocycles. The summed E-state index contributed by atoms with van der Waals surface area (Å²) in [5, 5.41) is 0.799. The topological polar surface area (TPSA) is 60.8 Å². The number of carbonyl (C=O) groups is 2. The van der Waals surface area contributed by atoms with E-state index in [9.17, 15) is 14.0 Å². The van der Waals surface area contributed by atoms with Gasteiger partial charge in [-0.05, 0) is 67.6 Å². The molecule has 0 unspecified atom stereocenters. The summed E-state index contributed by atoms with van der Waals surface area (Å²) < 4.78 is 26.5. The summed E-state index contributed by atoms with van der Waals surface area (Å²) in [4.78, 5) is 27.0. The number of halogens is 1. The molecule has 0 radical (unpaired) electrons. The molecule has 174 valence electrons. The number of aromatic nitrogens is 1. The van der Waals surface area contributed by atoms with Crippen molar-refractivity contribution in [2.75, 3.05) is 20.8 Å². The first-order chi connectivity index (χ1) is 15.9. The lowest BCUT2D eigenvalue weighted by atomic mass is 9.90. The molecule has 6 nitrogen and oxygen atoms in total. The zero-order valence-corrected chi connectivity index (χ0v) is 19.3. The maximum absolute atomic E-state index is 14.1. The molecule has 0 N–H and O–H groups in total. The SMILES string of the molecule is CCOC(=O)Cn1c2c(c3cc(F)ccc31)C[C@@H](N(C)C(=O)Cc1cccc(OC)c1)CC2. The van der Waals surface area contributed by atoms with E-state index in [1.807, 2.05) is 35.9 Å². The number of fused-ring (bicyclic) bond motifs is 3. The summed E-state index contributed by atoms with van der Waals surface area (Å²) in [6, 6.07) is 12.2. The first-order valence-corrected chi connectivity index (χ1v) is 11.2. The van der Waals surface area contributed by atoms with Crippen molar-refractivity contribution in [3.05, 3.63) is 65.1 Å². The van der Waals surface area contributed by atoms with E-state index in [2.05, 4.69) is 0 Å². The molecule has 0 bridgehead atoms. The van der Waals surface area contributed by atoms with Crippen LogP contribution < -0.4 is 4.74 Å². The number of rotatable bonds is 7. The van der Waals surface area contributed by atoms with Gasteiger partial charge in [0.05, 0.1) is 20.1 Å². The number of methoxy groups -OCH3 is 1.